The van der Waals surface area contributed by atoms with Crippen LogP contribution in [0.2, 0.25) is 0 Å². The summed E-state index contributed by atoms with van der Waals surface area (Å²) < 4.78 is 5.17. The van der Waals surface area contributed by atoms with E-state index in [1.165, 1.54) is 0 Å². The van der Waals surface area contributed by atoms with E-state index in [2.05, 4.69) is 10.3 Å². The predicted molar refractivity (Wildman–Crippen MR) is 129 cm³/mol. The first-order chi connectivity index (χ1) is 16.9. The molecule has 1 aliphatic rings. The Morgan fingerprint density at radius 2 is 1.69 bits per heavy atom. The fraction of sp³-hybridized carbons (Fsp3) is 0.200. The maximum Gasteiger partial charge on any atom is 0.353 e. The molecular weight excluding hydrogens is 468 g/mol. The molecule has 178 valence electrons. The minimum absolute atomic E-state index is 0.00769. The number of rotatable bonds is 9. The van der Waals surface area contributed by atoms with E-state index in [-0.39, 0.29) is 24.7 Å². The Balaban J connectivity index is 1.35. The molecule has 10 heteroatoms. The third-order valence-electron chi connectivity index (χ3n) is 5.49. The molecule has 0 fully saturated rings. The van der Waals surface area contributed by atoms with Crippen molar-refractivity contribution < 1.29 is 23.9 Å². The number of ether oxygens (including phenoxy) is 1. The summed E-state index contributed by atoms with van der Waals surface area (Å²) in [6.45, 7) is 1.67. The summed E-state index contributed by atoms with van der Waals surface area (Å²) in [5.41, 5.74) is 1.47. The number of carbonyl (C=O) groups is 4. The number of amides is 3. The molecule has 1 unspecified atom stereocenters. The lowest BCUT2D eigenvalue weighted by molar-refractivity contribution is -0.137. The second kappa shape index (κ2) is 10.4. The van der Waals surface area contributed by atoms with Crippen molar-refractivity contribution in [1.29, 1.82) is 5.41 Å². The van der Waals surface area contributed by atoms with Gasteiger partial charge in [-0.05, 0) is 24.1 Å². The first-order valence-corrected chi connectivity index (χ1v) is 11.8. The number of thiazole rings is 1. The molecule has 2 N–H and O–H groups in total. The Kier molecular flexibility index (Phi) is 7.11. The number of fused-ring (bicyclic) bond motifs is 1. The Morgan fingerprint density at radius 1 is 1.06 bits per heavy atom. The molecule has 0 radical (unpaired) electrons. The van der Waals surface area contributed by atoms with Gasteiger partial charge >= 0.3 is 5.97 Å². The zero-order valence-corrected chi connectivity index (χ0v) is 19.6. The molecule has 35 heavy (non-hydrogen) atoms. The minimum Gasteiger partial charge on any atom is -0.456 e. The number of hydrogen-bond acceptors (Lipinski definition) is 8. The largest absolute Gasteiger partial charge is 0.456 e. The van der Waals surface area contributed by atoms with Gasteiger partial charge in [-0.1, -0.05) is 49.4 Å². The van der Waals surface area contributed by atoms with Gasteiger partial charge in [-0.3, -0.25) is 24.7 Å². The van der Waals surface area contributed by atoms with E-state index in [1.54, 1.807) is 48.7 Å². The number of nitrogens with zero attached hydrogens (tertiary/aromatic N) is 2. The highest BCUT2D eigenvalue weighted by Gasteiger charge is 2.35. The van der Waals surface area contributed by atoms with Crippen LogP contribution in [-0.2, 0) is 27.5 Å². The number of anilines is 1. The van der Waals surface area contributed by atoms with Crippen molar-refractivity contribution in [3.63, 3.8) is 0 Å². The number of aromatic nitrogens is 1. The molecule has 0 aliphatic carbocycles. The fourth-order valence-electron chi connectivity index (χ4n) is 3.64. The Labute approximate surface area is 205 Å². The molecule has 9 nitrogen and oxygen atoms in total. The lowest BCUT2D eigenvalue weighted by Crippen LogP contribution is -2.34. The molecule has 2 heterocycles. The summed E-state index contributed by atoms with van der Waals surface area (Å²) >= 11 is 1.12. The van der Waals surface area contributed by atoms with Gasteiger partial charge in [0.05, 0.1) is 29.3 Å². The molecule has 4 rings (SSSR count). The average molecular weight is 491 g/mol. The lowest BCUT2D eigenvalue weighted by atomic mass is 9.99. The lowest BCUT2D eigenvalue weighted by Gasteiger charge is -2.14. The number of esters is 1. The Bertz CT molecular complexity index is 1270. The quantitative estimate of drug-likeness (QED) is 0.267. The van der Waals surface area contributed by atoms with Crippen molar-refractivity contribution in [2.45, 2.75) is 26.5 Å². The van der Waals surface area contributed by atoms with E-state index in [0.717, 1.165) is 21.8 Å². The van der Waals surface area contributed by atoms with E-state index in [4.69, 9.17) is 10.1 Å². The van der Waals surface area contributed by atoms with Crippen LogP contribution >= 0.6 is 11.3 Å². The Morgan fingerprint density at radius 3 is 2.31 bits per heavy atom. The highest BCUT2D eigenvalue weighted by atomic mass is 32.1. The second-order valence-electron chi connectivity index (χ2n) is 7.81. The van der Waals surface area contributed by atoms with Crippen LogP contribution in [0.25, 0.3) is 0 Å². The second-order valence-corrected chi connectivity index (χ2v) is 8.67. The summed E-state index contributed by atoms with van der Waals surface area (Å²) in [5, 5.41) is 12.6. The summed E-state index contributed by atoms with van der Waals surface area (Å²) in [6.07, 6.45) is 0.221. The standard InChI is InChI=1S/C25H22N4O5S/c1-2-17(20(26)24(33)34-13-15-8-4-3-5-9-15)21(30)28-25-27-16(14-35-25)12-29-22(31)18-10-6-7-11-19(18)23(29)32/h3-11,14,17,26H,2,12-13H2,1H3,(H,27,28,30). The predicted octanol–water partition coefficient (Wildman–Crippen LogP) is 3.67. The molecule has 2 aromatic carbocycles. The normalized spacial score (nSPS) is 13.3. The van der Waals surface area contributed by atoms with Gasteiger partial charge < -0.3 is 10.1 Å². The number of nitrogens with one attached hydrogen (secondary N) is 2. The van der Waals surface area contributed by atoms with Crippen LogP contribution in [0, 0.1) is 11.3 Å². The highest BCUT2D eigenvalue weighted by molar-refractivity contribution is 7.13. The first-order valence-electron chi connectivity index (χ1n) is 10.9. The van der Waals surface area contributed by atoms with Crippen LogP contribution in [0.15, 0.2) is 60.0 Å². The van der Waals surface area contributed by atoms with Gasteiger partial charge in [0.1, 0.15) is 12.3 Å². The summed E-state index contributed by atoms with van der Waals surface area (Å²) in [7, 11) is 0. The van der Waals surface area contributed by atoms with Gasteiger partial charge in [0.25, 0.3) is 11.8 Å². The summed E-state index contributed by atoms with van der Waals surface area (Å²) in [6, 6.07) is 15.7. The minimum atomic E-state index is -1.01. The number of imide groups is 1. The summed E-state index contributed by atoms with van der Waals surface area (Å²) in [4.78, 5) is 55.6. The van der Waals surface area contributed by atoms with Gasteiger partial charge in [-0.15, -0.1) is 11.3 Å². The molecule has 0 bridgehead atoms. The average Bonchev–Trinajstić information content (AvgIpc) is 3.41. The van der Waals surface area contributed by atoms with Crippen LogP contribution in [0.5, 0.6) is 0 Å². The van der Waals surface area contributed by atoms with Gasteiger partial charge in [0.15, 0.2) is 5.13 Å². The van der Waals surface area contributed by atoms with Crippen LogP contribution in [-0.4, -0.2) is 39.3 Å². The SMILES string of the molecule is CCC(C(=N)C(=O)OCc1ccccc1)C(=O)Nc1nc(CN2C(=O)c3ccccc3C2=O)cs1. The molecule has 3 amide bonds. The van der Waals surface area contributed by atoms with Crippen LogP contribution in [0.4, 0.5) is 5.13 Å². The maximum atomic E-state index is 12.8. The topological polar surface area (TPSA) is 130 Å². The Hall–Kier alpha value is -4.18. The smallest absolute Gasteiger partial charge is 0.353 e. The van der Waals surface area contributed by atoms with Crippen molar-refractivity contribution >= 4 is 45.9 Å². The van der Waals surface area contributed by atoms with E-state index in [0.29, 0.717) is 16.8 Å². The molecule has 1 aromatic heterocycles. The monoisotopic (exact) mass is 490 g/mol. The molecular formula is C25H22N4O5S. The van der Waals surface area contributed by atoms with Gasteiger partial charge in [-0.25, -0.2) is 9.78 Å². The number of carbonyl (C=O) groups excluding carboxylic acids is 4. The number of benzene rings is 2. The zero-order valence-electron chi connectivity index (χ0n) is 18.8. The summed E-state index contributed by atoms with van der Waals surface area (Å²) in [5.74, 6) is -3.21. The van der Waals surface area contributed by atoms with Gasteiger partial charge in [0, 0.05) is 5.38 Å². The van der Waals surface area contributed by atoms with E-state index in [9.17, 15) is 19.2 Å². The molecule has 0 saturated heterocycles. The molecule has 1 atom stereocenters. The van der Waals surface area contributed by atoms with Gasteiger partial charge in [-0.2, -0.15) is 0 Å². The van der Waals surface area contributed by atoms with E-state index >= 15 is 0 Å². The maximum absolute atomic E-state index is 12.8. The third-order valence-corrected chi connectivity index (χ3v) is 6.29. The first kappa shape index (κ1) is 24.0. The molecule has 0 spiro atoms. The number of hydrogen-bond donors (Lipinski definition) is 2. The van der Waals surface area contributed by atoms with Crippen molar-refractivity contribution in [3.05, 3.63) is 82.4 Å². The van der Waals surface area contributed by atoms with Crippen LogP contribution < -0.4 is 5.32 Å². The molecule has 0 saturated carbocycles. The van der Waals surface area contributed by atoms with Crippen molar-refractivity contribution in [2.24, 2.45) is 5.92 Å². The van der Waals surface area contributed by atoms with Crippen molar-refractivity contribution in [2.75, 3.05) is 5.32 Å². The van der Waals surface area contributed by atoms with E-state index in [1.807, 2.05) is 18.2 Å². The molecule has 3 aromatic rings. The zero-order chi connectivity index (χ0) is 24.9. The van der Waals surface area contributed by atoms with Crippen molar-refractivity contribution in [3.8, 4) is 0 Å². The van der Waals surface area contributed by atoms with Crippen LogP contribution in [0.3, 0.4) is 0 Å². The van der Waals surface area contributed by atoms with Gasteiger partial charge in [0.2, 0.25) is 5.91 Å². The third kappa shape index (κ3) is 5.17. The highest BCUT2D eigenvalue weighted by Crippen LogP contribution is 2.26. The molecule has 1 aliphatic heterocycles. The fourth-order valence-corrected chi connectivity index (χ4v) is 4.34. The van der Waals surface area contributed by atoms with Crippen molar-refractivity contribution in [1.82, 2.24) is 9.88 Å². The van der Waals surface area contributed by atoms with E-state index < -0.39 is 35.3 Å². The van der Waals surface area contributed by atoms with Crippen LogP contribution in [0.1, 0.15) is 45.3 Å².